The first-order valence-corrected chi connectivity index (χ1v) is 5.58. The molecule has 0 fully saturated rings. The molecule has 0 radical (unpaired) electrons. The Balaban J connectivity index is 1.99. The molecule has 4 N–H and O–H groups in total. The van der Waals surface area contributed by atoms with Gasteiger partial charge in [0.05, 0.1) is 11.8 Å². The normalized spacial score (nSPS) is 9.74. The molecule has 0 saturated heterocycles. The van der Waals surface area contributed by atoms with E-state index < -0.39 is 0 Å². The molecule has 2 rings (SSSR count). The summed E-state index contributed by atoms with van der Waals surface area (Å²) in [7, 11) is 1.54. The summed E-state index contributed by atoms with van der Waals surface area (Å²) in [4.78, 5) is 22.8. The van der Waals surface area contributed by atoms with E-state index in [-0.39, 0.29) is 11.9 Å². The average molecular weight is 259 g/mol. The summed E-state index contributed by atoms with van der Waals surface area (Å²) in [6.45, 7) is 0. The predicted octanol–water partition coefficient (Wildman–Crippen LogP) is 1.41. The summed E-state index contributed by atoms with van der Waals surface area (Å²) in [6.07, 6.45) is 2.95. The minimum atomic E-state index is -0.296. The van der Waals surface area contributed by atoms with E-state index in [2.05, 4.69) is 26.1 Å². The van der Waals surface area contributed by atoms with Crippen molar-refractivity contribution in [2.75, 3.05) is 17.7 Å². The van der Waals surface area contributed by atoms with Crippen molar-refractivity contribution in [1.29, 1.82) is 0 Å². The Morgan fingerprint density at radius 1 is 1.11 bits per heavy atom. The van der Waals surface area contributed by atoms with Crippen LogP contribution in [0.15, 0.2) is 36.7 Å². The van der Waals surface area contributed by atoms with E-state index in [9.17, 15) is 9.59 Å². The van der Waals surface area contributed by atoms with Gasteiger partial charge in [-0.3, -0.25) is 9.89 Å². The van der Waals surface area contributed by atoms with Gasteiger partial charge < -0.3 is 16.0 Å². The van der Waals surface area contributed by atoms with E-state index >= 15 is 0 Å². The summed E-state index contributed by atoms with van der Waals surface area (Å²) >= 11 is 0. The molecule has 1 aromatic heterocycles. The van der Waals surface area contributed by atoms with Gasteiger partial charge in [0.25, 0.3) is 5.91 Å². The minimum absolute atomic E-state index is 0.249. The molecule has 0 aliphatic heterocycles. The molecular formula is C12H13N5O2. The standard InChI is InChI=1S/C12H13N5O2/c1-13-12(19)17-10-4-2-9(3-5-10)16-11(18)8-6-14-15-7-8/h2-7H,1H3,(H,14,15)(H,16,18)(H2,13,17,19). The molecule has 1 heterocycles. The van der Waals surface area contributed by atoms with Crippen molar-refractivity contribution in [3.63, 3.8) is 0 Å². The Kier molecular flexibility index (Phi) is 3.77. The summed E-state index contributed by atoms with van der Waals surface area (Å²) in [5.74, 6) is -0.249. The van der Waals surface area contributed by atoms with Crippen LogP contribution in [0, 0.1) is 0 Å². The van der Waals surface area contributed by atoms with Gasteiger partial charge in [0.2, 0.25) is 0 Å². The molecule has 0 saturated carbocycles. The second-order valence-corrected chi connectivity index (χ2v) is 3.72. The highest BCUT2D eigenvalue weighted by atomic mass is 16.2. The van der Waals surface area contributed by atoms with Crippen LogP contribution in [-0.2, 0) is 0 Å². The van der Waals surface area contributed by atoms with Gasteiger partial charge in [0.15, 0.2) is 0 Å². The zero-order valence-electron chi connectivity index (χ0n) is 10.2. The highest BCUT2D eigenvalue weighted by molar-refractivity contribution is 6.04. The van der Waals surface area contributed by atoms with E-state index in [1.807, 2.05) is 0 Å². The maximum Gasteiger partial charge on any atom is 0.318 e. The number of urea groups is 1. The van der Waals surface area contributed by atoms with Crippen molar-refractivity contribution >= 4 is 23.3 Å². The van der Waals surface area contributed by atoms with Crippen molar-refractivity contribution < 1.29 is 9.59 Å². The van der Waals surface area contributed by atoms with E-state index in [0.29, 0.717) is 16.9 Å². The highest BCUT2D eigenvalue weighted by Gasteiger charge is 2.06. The van der Waals surface area contributed by atoms with Gasteiger partial charge in [-0.2, -0.15) is 5.10 Å². The van der Waals surface area contributed by atoms with Gasteiger partial charge in [0, 0.05) is 24.6 Å². The zero-order valence-corrected chi connectivity index (χ0v) is 10.2. The van der Waals surface area contributed by atoms with Crippen LogP contribution in [0.1, 0.15) is 10.4 Å². The molecule has 0 unspecified atom stereocenters. The molecule has 0 aliphatic rings. The zero-order chi connectivity index (χ0) is 13.7. The smallest absolute Gasteiger partial charge is 0.318 e. The molecular weight excluding hydrogens is 246 g/mol. The third-order valence-electron chi connectivity index (χ3n) is 2.39. The van der Waals surface area contributed by atoms with Crippen molar-refractivity contribution in [2.45, 2.75) is 0 Å². The van der Waals surface area contributed by atoms with Crippen molar-refractivity contribution in [2.24, 2.45) is 0 Å². The molecule has 7 heteroatoms. The largest absolute Gasteiger partial charge is 0.341 e. The predicted molar refractivity (Wildman–Crippen MR) is 71.1 cm³/mol. The van der Waals surface area contributed by atoms with Gasteiger partial charge in [0.1, 0.15) is 0 Å². The van der Waals surface area contributed by atoms with E-state index in [1.54, 1.807) is 24.3 Å². The summed E-state index contributed by atoms with van der Waals surface area (Å²) < 4.78 is 0. The fourth-order valence-corrected chi connectivity index (χ4v) is 1.41. The molecule has 2 aromatic rings. The molecule has 1 aromatic carbocycles. The van der Waals surface area contributed by atoms with Gasteiger partial charge in [-0.1, -0.05) is 0 Å². The van der Waals surface area contributed by atoms with Crippen LogP contribution in [0.5, 0.6) is 0 Å². The Labute approximate surface area is 109 Å². The molecule has 3 amide bonds. The molecule has 0 spiro atoms. The number of aromatic nitrogens is 2. The number of benzene rings is 1. The fraction of sp³-hybridized carbons (Fsp3) is 0.0833. The fourth-order valence-electron chi connectivity index (χ4n) is 1.41. The maximum atomic E-state index is 11.7. The summed E-state index contributed by atoms with van der Waals surface area (Å²) in [5, 5.41) is 14.1. The maximum absolute atomic E-state index is 11.7. The van der Waals surface area contributed by atoms with Crippen molar-refractivity contribution in [1.82, 2.24) is 15.5 Å². The number of nitrogens with one attached hydrogen (secondary N) is 4. The third kappa shape index (κ3) is 3.32. The number of amides is 3. The molecule has 0 atom stereocenters. The van der Waals surface area contributed by atoms with Gasteiger partial charge in [-0.25, -0.2) is 4.79 Å². The molecule has 98 valence electrons. The molecule has 19 heavy (non-hydrogen) atoms. The number of hydrogen-bond acceptors (Lipinski definition) is 3. The number of aromatic amines is 1. The van der Waals surface area contributed by atoms with Gasteiger partial charge >= 0.3 is 6.03 Å². The third-order valence-corrected chi connectivity index (χ3v) is 2.39. The lowest BCUT2D eigenvalue weighted by Gasteiger charge is -2.06. The molecule has 7 nitrogen and oxygen atoms in total. The average Bonchev–Trinajstić information content (AvgIpc) is 2.95. The lowest BCUT2D eigenvalue weighted by atomic mass is 10.2. The first kappa shape index (κ1) is 12.6. The second-order valence-electron chi connectivity index (χ2n) is 3.72. The molecule has 0 aliphatic carbocycles. The number of nitrogens with zero attached hydrogens (tertiary/aromatic N) is 1. The van der Waals surface area contributed by atoms with Crippen LogP contribution >= 0.6 is 0 Å². The quantitative estimate of drug-likeness (QED) is 0.670. The number of carbonyl (C=O) groups is 2. The van der Waals surface area contributed by atoms with Crippen LogP contribution < -0.4 is 16.0 Å². The van der Waals surface area contributed by atoms with Crippen LogP contribution in [0.3, 0.4) is 0 Å². The van der Waals surface area contributed by atoms with Crippen LogP contribution in [0.4, 0.5) is 16.2 Å². The topological polar surface area (TPSA) is 98.9 Å². The van der Waals surface area contributed by atoms with Crippen molar-refractivity contribution in [3.05, 3.63) is 42.2 Å². The first-order chi connectivity index (χ1) is 9.19. The van der Waals surface area contributed by atoms with Crippen LogP contribution in [0.2, 0.25) is 0 Å². The summed E-state index contributed by atoms with van der Waals surface area (Å²) in [6, 6.07) is 6.49. The number of hydrogen-bond donors (Lipinski definition) is 4. The van der Waals surface area contributed by atoms with E-state index in [1.165, 1.54) is 19.4 Å². The lowest BCUT2D eigenvalue weighted by Crippen LogP contribution is -2.24. The highest BCUT2D eigenvalue weighted by Crippen LogP contribution is 2.14. The first-order valence-electron chi connectivity index (χ1n) is 5.58. The minimum Gasteiger partial charge on any atom is -0.341 e. The monoisotopic (exact) mass is 259 g/mol. The van der Waals surface area contributed by atoms with E-state index in [0.717, 1.165) is 0 Å². The Morgan fingerprint density at radius 2 is 1.74 bits per heavy atom. The number of carbonyl (C=O) groups excluding carboxylic acids is 2. The van der Waals surface area contributed by atoms with E-state index in [4.69, 9.17) is 0 Å². The van der Waals surface area contributed by atoms with Crippen molar-refractivity contribution in [3.8, 4) is 0 Å². The number of rotatable bonds is 3. The lowest BCUT2D eigenvalue weighted by molar-refractivity contribution is 0.102. The molecule has 0 bridgehead atoms. The van der Waals surface area contributed by atoms with Crippen LogP contribution in [-0.4, -0.2) is 29.2 Å². The number of H-pyrrole nitrogens is 1. The summed E-state index contributed by atoms with van der Waals surface area (Å²) in [5.41, 5.74) is 1.72. The van der Waals surface area contributed by atoms with Gasteiger partial charge in [-0.05, 0) is 24.3 Å². The second kappa shape index (κ2) is 5.67. The number of anilines is 2. The Morgan fingerprint density at radius 3 is 2.26 bits per heavy atom. The Hall–Kier alpha value is -2.83. The SMILES string of the molecule is CNC(=O)Nc1ccc(NC(=O)c2cn[nH]c2)cc1. The van der Waals surface area contributed by atoms with Crippen LogP contribution in [0.25, 0.3) is 0 Å². The Bertz CT molecular complexity index is 562. The van der Waals surface area contributed by atoms with Gasteiger partial charge in [-0.15, -0.1) is 0 Å².